The Morgan fingerprint density at radius 3 is 2.68 bits per heavy atom. The van der Waals surface area contributed by atoms with Crippen molar-refractivity contribution < 1.29 is 14.3 Å². The maximum Gasteiger partial charge on any atom is 0.339 e. The maximum atomic E-state index is 11.4. The Morgan fingerprint density at radius 2 is 2.05 bits per heavy atom. The van der Waals surface area contributed by atoms with E-state index in [1.54, 1.807) is 43.3 Å². The van der Waals surface area contributed by atoms with E-state index in [1.807, 2.05) is 0 Å². The number of anilines is 1. The lowest BCUT2D eigenvalue weighted by Crippen LogP contribution is -2.05. The Bertz CT molecular complexity index is 611. The van der Waals surface area contributed by atoms with Crippen LogP contribution < -0.4 is 10.5 Å². The van der Waals surface area contributed by atoms with Crippen LogP contribution in [0.25, 0.3) is 0 Å². The molecule has 1 heterocycles. The van der Waals surface area contributed by atoms with Crippen molar-refractivity contribution in [3.8, 4) is 11.6 Å². The number of carbonyl (C=O) groups excluding carboxylic acids is 1. The summed E-state index contributed by atoms with van der Waals surface area (Å²) < 4.78 is 10.2. The number of aryl methyl sites for hydroxylation is 1. The molecule has 0 aliphatic rings. The Hall–Kier alpha value is -2.56. The molecule has 0 saturated heterocycles. The molecule has 0 amide bonds. The molecule has 0 aliphatic carbocycles. The number of aromatic nitrogens is 1. The number of nitrogen functional groups attached to an aromatic ring is 1. The maximum absolute atomic E-state index is 11.4. The van der Waals surface area contributed by atoms with E-state index in [2.05, 4.69) is 9.72 Å². The first-order valence-electron chi connectivity index (χ1n) is 5.69. The van der Waals surface area contributed by atoms with E-state index in [0.29, 0.717) is 28.6 Å². The summed E-state index contributed by atoms with van der Waals surface area (Å²) in [4.78, 5) is 15.6. The van der Waals surface area contributed by atoms with Gasteiger partial charge in [-0.15, -0.1) is 0 Å². The highest BCUT2D eigenvalue weighted by molar-refractivity contribution is 5.90. The molecular formula is C14H14N2O3. The average Bonchev–Trinajstić information content (AvgIpc) is 2.38. The molecule has 5 heteroatoms. The summed E-state index contributed by atoms with van der Waals surface area (Å²) >= 11 is 0. The van der Waals surface area contributed by atoms with Crippen LogP contribution in [0.4, 0.5) is 5.69 Å². The average molecular weight is 258 g/mol. The number of pyridine rings is 1. The van der Waals surface area contributed by atoms with Gasteiger partial charge in [-0.2, -0.15) is 0 Å². The largest absolute Gasteiger partial charge is 0.465 e. The topological polar surface area (TPSA) is 74.4 Å². The van der Waals surface area contributed by atoms with Crippen LogP contribution in [0.1, 0.15) is 16.1 Å². The van der Waals surface area contributed by atoms with Gasteiger partial charge in [0.05, 0.1) is 18.4 Å². The van der Waals surface area contributed by atoms with Gasteiger partial charge in [0.1, 0.15) is 5.75 Å². The van der Waals surface area contributed by atoms with Crippen molar-refractivity contribution in [3.63, 3.8) is 0 Å². The smallest absolute Gasteiger partial charge is 0.339 e. The molecule has 0 saturated carbocycles. The van der Waals surface area contributed by atoms with Gasteiger partial charge in [-0.05, 0) is 25.1 Å². The fourth-order valence-electron chi connectivity index (χ4n) is 1.62. The van der Waals surface area contributed by atoms with Gasteiger partial charge in [-0.3, -0.25) is 0 Å². The second-order valence-corrected chi connectivity index (χ2v) is 3.95. The molecule has 5 nitrogen and oxygen atoms in total. The van der Waals surface area contributed by atoms with Crippen LogP contribution in [0.15, 0.2) is 36.4 Å². The van der Waals surface area contributed by atoms with Crippen LogP contribution in [-0.4, -0.2) is 18.1 Å². The third-order valence-corrected chi connectivity index (χ3v) is 2.55. The van der Waals surface area contributed by atoms with Crippen LogP contribution in [0.5, 0.6) is 11.6 Å². The molecule has 0 atom stereocenters. The first-order chi connectivity index (χ1) is 9.10. The molecule has 0 spiro atoms. The number of benzene rings is 1. The van der Waals surface area contributed by atoms with Gasteiger partial charge < -0.3 is 15.2 Å². The highest BCUT2D eigenvalue weighted by Gasteiger charge is 2.11. The van der Waals surface area contributed by atoms with Gasteiger partial charge in [-0.25, -0.2) is 9.78 Å². The highest BCUT2D eigenvalue weighted by Crippen LogP contribution is 2.22. The second kappa shape index (κ2) is 5.39. The number of carbonyl (C=O) groups is 1. The standard InChI is InChI=1S/C14H14N2O3/c1-9-12(14(17)18-2)6-7-13(16-9)19-11-5-3-4-10(15)8-11/h3-8H,15H2,1-2H3. The summed E-state index contributed by atoms with van der Waals surface area (Å²) in [6.07, 6.45) is 0. The third kappa shape index (κ3) is 3.01. The highest BCUT2D eigenvalue weighted by atomic mass is 16.5. The number of nitrogens with zero attached hydrogens (tertiary/aromatic N) is 1. The predicted octanol–water partition coefficient (Wildman–Crippen LogP) is 2.55. The van der Waals surface area contributed by atoms with Gasteiger partial charge >= 0.3 is 5.97 Å². The number of esters is 1. The van der Waals surface area contributed by atoms with Gasteiger partial charge in [0.15, 0.2) is 0 Å². The number of rotatable bonds is 3. The number of nitrogens with two attached hydrogens (primary N) is 1. The van der Waals surface area contributed by atoms with Crippen molar-refractivity contribution in [1.82, 2.24) is 4.98 Å². The Morgan fingerprint density at radius 1 is 1.26 bits per heavy atom. The Labute approximate surface area is 111 Å². The van der Waals surface area contributed by atoms with Crippen LogP contribution in [-0.2, 0) is 4.74 Å². The summed E-state index contributed by atoms with van der Waals surface area (Å²) in [5.41, 5.74) is 7.24. The summed E-state index contributed by atoms with van der Waals surface area (Å²) in [5, 5.41) is 0. The second-order valence-electron chi connectivity index (χ2n) is 3.95. The van der Waals surface area contributed by atoms with Crippen molar-refractivity contribution in [3.05, 3.63) is 47.7 Å². The summed E-state index contributed by atoms with van der Waals surface area (Å²) in [6.45, 7) is 1.72. The van der Waals surface area contributed by atoms with Crippen LogP contribution in [0, 0.1) is 6.92 Å². The number of hydrogen-bond acceptors (Lipinski definition) is 5. The van der Waals surface area contributed by atoms with Crippen molar-refractivity contribution >= 4 is 11.7 Å². The minimum Gasteiger partial charge on any atom is -0.465 e. The molecule has 1 aromatic heterocycles. The molecule has 2 N–H and O–H groups in total. The van der Waals surface area contributed by atoms with Gasteiger partial charge in [0.2, 0.25) is 5.88 Å². The van der Waals surface area contributed by atoms with Gasteiger partial charge in [0, 0.05) is 17.8 Å². The van der Waals surface area contributed by atoms with Gasteiger partial charge in [0.25, 0.3) is 0 Å². The number of ether oxygens (including phenoxy) is 2. The van der Waals surface area contributed by atoms with E-state index in [-0.39, 0.29) is 0 Å². The zero-order valence-corrected chi connectivity index (χ0v) is 10.7. The van der Waals surface area contributed by atoms with Crippen LogP contribution in [0.3, 0.4) is 0 Å². The Balaban J connectivity index is 2.23. The summed E-state index contributed by atoms with van der Waals surface area (Å²) in [5.74, 6) is 0.578. The fraction of sp³-hybridized carbons (Fsp3) is 0.143. The quantitative estimate of drug-likeness (QED) is 0.676. The summed E-state index contributed by atoms with van der Waals surface area (Å²) in [7, 11) is 1.33. The normalized spacial score (nSPS) is 10.0. The third-order valence-electron chi connectivity index (χ3n) is 2.55. The van der Waals surface area contributed by atoms with Crippen molar-refractivity contribution in [2.75, 3.05) is 12.8 Å². The van der Waals surface area contributed by atoms with Crippen molar-refractivity contribution in [1.29, 1.82) is 0 Å². The fourth-order valence-corrected chi connectivity index (χ4v) is 1.62. The van der Waals surface area contributed by atoms with Gasteiger partial charge in [-0.1, -0.05) is 6.07 Å². The number of methoxy groups -OCH3 is 1. The van der Waals surface area contributed by atoms with E-state index in [1.165, 1.54) is 7.11 Å². The molecule has 0 bridgehead atoms. The first kappa shape index (κ1) is 12.9. The lowest BCUT2D eigenvalue weighted by Gasteiger charge is -2.08. The molecule has 2 aromatic rings. The molecule has 19 heavy (non-hydrogen) atoms. The van der Waals surface area contributed by atoms with E-state index >= 15 is 0 Å². The molecule has 1 aromatic carbocycles. The van der Waals surface area contributed by atoms with E-state index < -0.39 is 5.97 Å². The Kier molecular flexibility index (Phi) is 3.66. The molecule has 0 aliphatic heterocycles. The predicted molar refractivity (Wildman–Crippen MR) is 71.2 cm³/mol. The molecule has 98 valence electrons. The monoisotopic (exact) mass is 258 g/mol. The minimum atomic E-state index is -0.416. The zero-order chi connectivity index (χ0) is 13.8. The number of hydrogen-bond donors (Lipinski definition) is 1. The summed E-state index contributed by atoms with van der Waals surface area (Å²) in [6, 6.07) is 10.3. The zero-order valence-electron chi connectivity index (χ0n) is 10.7. The van der Waals surface area contributed by atoms with Crippen LogP contribution >= 0.6 is 0 Å². The van der Waals surface area contributed by atoms with E-state index in [0.717, 1.165) is 0 Å². The minimum absolute atomic E-state index is 0.399. The van der Waals surface area contributed by atoms with E-state index in [4.69, 9.17) is 10.5 Å². The van der Waals surface area contributed by atoms with E-state index in [9.17, 15) is 4.79 Å². The lowest BCUT2D eigenvalue weighted by molar-refractivity contribution is 0.0599. The van der Waals surface area contributed by atoms with Crippen molar-refractivity contribution in [2.24, 2.45) is 0 Å². The lowest BCUT2D eigenvalue weighted by atomic mass is 10.2. The molecule has 0 radical (unpaired) electrons. The van der Waals surface area contributed by atoms with Crippen LogP contribution in [0.2, 0.25) is 0 Å². The molecule has 0 fully saturated rings. The first-order valence-corrected chi connectivity index (χ1v) is 5.69. The molecule has 2 rings (SSSR count). The van der Waals surface area contributed by atoms with Crippen molar-refractivity contribution in [2.45, 2.75) is 6.92 Å². The SMILES string of the molecule is COC(=O)c1ccc(Oc2cccc(N)c2)nc1C. The molecular weight excluding hydrogens is 244 g/mol. The molecule has 0 unspecified atom stereocenters.